The van der Waals surface area contributed by atoms with Crippen molar-refractivity contribution in [2.75, 3.05) is 6.54 Å². The number of hydrogen-bond acceptors (Lipinski definition) is 4. The van der Waals surface area contributed by atoms with E-state index in [2.05, 4.69) is 44.6 Å². The van der Waals surface area contributed by atoms with E-state index in [4.69, 9.17) is 0 Å². The maximum absolute atomic E-state index is 12.3. The van der Waals surface area contributed by atoms with Crippen molar-refractivity contribution in [2.45, 2.75) is 39.0 Å². The van der Waals surface area contributed by atoms with Gasteiger partial charge in [0.1, 0.15) is 6.33 Å². The molecule has 26 heavy (non-hydrogen) atoms. The van der Waals surface area contributed by atoms with Gasteiger partial charge in [0.15, 0.2) is 0 Å². The lowest BCUT2D eigenvalue weighted by Crippen LogP contribution is -2.26. The molecule has 1 fully saturated rings. The van der Waals surface area contributed by atoms with Gasteiger partial charge in [-0.25, -0.2) is 9.50 Å². The molecule has 1 saturated carbocycles. The van der Waals surface area contributed by atoms with Gasteiger partial charge < -0.3 is 5.32 Å². The fraction of sp³-hybridized carbons (Fsp3) is 0.400. The average molecular weight is 349 g/mol. The van der Waals surface area contributed by atoms with Gasteiger partial charge in [-0.1, -0.05) is 30.3 Å². The number of rotatable bonds is 6. The normalized spacial score (nSPS) is 18.8. The third-order valence-electron chi connectivity index (χ3n) is 5.30. The highest BCUT2D eigenvalue weighted by atomic mass is 16.1. The number of nitrogens with one attached hydrogen (secondary N) is 1. The first-order chi connectivity index (χ1) is 12.6. The van der Waals surface area contributed by atoms with Crippen LogP contribution in [0.1, 0.15) is 41.3 Å². The number of carbonyl (C=O) groups excluding carboxylic acids is 1. The number of carbonyl (C=O) groups is 1. The molecule has 0 unspecified atom stereocenters. The largest absolute Gasteiger partial charge is 0.356 e. The second kappa shape index (κ2) is 6.86. The lowest BCUT2D eigenvalue weighted by atomic mass is 10.1. The predicted molar refractivity (Wildman–Crippen MR) is 98.9 cm³/mol. The fourth-order valence-electron chi connectivity index (χ4n) is 3.67. The van der Waals surface area contributed by atoms with E-state index in [0.717, 1.165) is 29.9 Å². The maximum atomic E-state index is 12.3. The van der Waals surface area contributed by atoms with Crippen molar-refractivity contribution in [3.63, 3.8) is 0 Å². The molecule has 0 bridgehead atoms. The lowest BCUT2D eigenvalue weighted by molar-refractivity contribution is -0.121. The monoisotopic (exact) mass is 349 g/mol. The van der Waals surface area contributed by atoms with Gasteiger partial charge in [0.25, 0.3) is 5.78 Å². The summed E-state index contributed by atoms with van der Waals surface area (Å²) >= 11 is 0. The Morgan fingerprint density at radius 1 is 1.27 bits per heavy atom. The van der Waals surface area contributed by atoms with E-state index in [1.54, 1.807) is 4.52 Å². The van der Waals surface area contributed by atoms with Crippen molar-refractivity contribution < 1.29 is 4.79 Å². The van der Waals surface area contributed by atoms with Crippen molar-refractivity contribution >= 4 is 11.7 Å². The smallest absolute Gasteiger partial charge is 0.252 e. The third-order valence-corrected chi connectivity index (χ3v) is 5.30. The summed E-state index contributed by atoms with van der Waals surface area (Å²) in [5.74, 6) is 1.87. The van der Waals surface area contributed by atoms with Crippen molar-refractivity contribution in [3.05, 3.63) is 59.2 Å². The van der Waals surface area contributed by atoms with Crippen LogP contribution in [0, 0.1) is 19.8 Å². The molecule has 1 aliphatic rings. The van der Waals surface area contributed by atoms with Gasteiger partial charge in [-0.05, 0) is 49.7 Å². The van der Waals surface area contributed by atoms with Gasteiger partial charge in [0.05, 0.1) is 0 Å². The van der Waals surface area contributed by atoms with Crippen molar-refractivity contribution in [2.24, 2.45) is 5.92 Å². The summed E-state index contributed by atoms with van der Waals surface area (Å²) in [5.41, 5.74) is 4.38. The molecule has 2 aromatic heterocycles. The molecule has 0 aliphatic heterocycles. The number of benzene rings is 1. The molecular weight excluding hydrogens is 326 g/mol. The zero-order valence-electron chi connectivity index (χ0n) is 15.1. The van der Waals surface area contributed by atoms with E-state index in [0.29, 0.717) is 30.5 Å². The summed E-state index contributed by atoms with van der Waals surface area (Å²) in [7, 11) is 0. The molecule has 1 aromatic carbocycles. The number of aromatic nitrogens is 4. The number of nitrogens with zero attached hydrogens (tertiary/aromatic N) is 4. The Hall–Kier alpha value is -2.76. The molecular formula is C20H23N5O. The number of fused-ring (bicyclic) bond motifs is 1. The minimum Gasteiger partial charge on any atom is -0.356 e. The van der Waals surface area contributed by atoms with Crippen LogP contribution in [-0.4, -0.2) is 32.0 Å². The predicted octanol–water partition coefficient (Wildman–Crippen LogP) is 2.59. The molecule has 0 spiro atoms. The molecule has 2 atom stereocenters. The zero-order valence-corrected chi connectivity index (χ0v) is 15.1. The second-order valence-corrected chi connectivity index (χ2v) is 7.05. The molecule has 6 nitrogen and oxygen atoms in total. The molecule has 1 aliphatic carbocycles. The van der Waals surface area contributed by atoms with Crippen LogP contribution in [0.25, 0.3) is 5.78 Å². The Morgan fingerprint density at radius 3 is 2.88 bits per heavy atom. The highest BCUT2D eigenvalue weighted by molar-refractivity contribution is 5.76. The van der Waals surface area contributed by atoms with Gasteiger partial charge in [-0.15, -0.1) is 0 Å². The van der Waals surface area contributed by atoms with Crippen LogP contribution >= 0.6 is 0 Å². The van der Waals surface area contributed by atoms with E-state index in [9.17, 15) is 4.79 Å². The topological polar surface area (TPSA) is 72.2 Å². The Labute approximate surface area is 152 Å². The Balaban J connectivity index is 1.30. The minimum absolute atomic E-state index is 0.0983. The molecule has 1 amide bonds. The second-order valence-electron chi connectivity index (χ2n) is 7.05. The summed E-state index contributed by atoms with van der Waals surface area (Å²) in [6, 6.07) is 10.5. The third kappa shape index (κ3) is 3.31. The van der Waals surface area contributed by atoms with Crippen LogP contribution in [0.3, 0.4) is 0 Å². The van der Waals surface area contributed by atoms with Crippen LogP contribution in [0.5, 0.6) is 0 Å². The molecule has 3 aromatic rings. The molecule has 0 radical (unpaired) electrons. The molecule has 134 valence electrons. The van der Waals surface area contributed by atoms with Crippen molar-refractivity contribution in [3.8, 4) is 0 Å². The van der Waals surface area contributed by atoms with Gasteiger partial charge in [0.2, 0.25) is 5.91 Å². The van der Waals surface area contributed by atoms with E-state index < -0.39 is 0 Å². The molecule has 0 saturated heterocycles. The SMILES string of the molecule is Cc1nc2ncnn2c(C)c1CCC(=O)NC[C@@H]1C[C@H]1c1ccccc1. The van der Waals surface area contributed by atoms with Gasteiger partial charge in [0, 0.05) is 24.4 Å². The standard InChI is InChI=1S/C20H23N5O/c1-13-17(14(2)25-20(24-13)22-12-23-25)8-9-19(26)21-11-16-10-18(16)15-6-4-3-5-7-15/h3-7,12,16,18H,8-11H2,1-2H3,(H,21,26)/t16-,18-/m0/s1. The van der Waals surface area contributed by atoms with Crippen LogP contribution in [0.4, 0.5) is 0 Å². The van der Waals surface area contributed by atoms with Gasteiger partial charge in [-0.2, -0.15) is 10.1 Å². The number of hydrogen-bond donors (Lipinski definition) is 1. The van der Waals surface area contributed by atoms with Gasteiger partial charge in [-0.3, -0.25) is 4.79 Å². The summed E-state index contributed by atoms with van der Waals surface area (Å²) in [5, 5.41) is 7.29. The minimum atomic E-state index is 0.0983. The van der Waals surface area contributed by atoms with E-state index in [1.165, 1.54) is 11.9 Å². The van der Waals surface area contributed by atoms with Crippen molar-refractivity contribution in [1.29, 1.82) is 0 Å². The average Bonchev–Trinajstić information content (AvgIpc) is 3.28. The highest BCUT2D eigenvalue weighted by Crippen LogP contribution is 2.46. The Kier molecular flexibility index (Phi) is 4.41. The molecule has 6 heteroatoms. The Morgan fingerprint density at radius 2 is 2.08 bits per heavy atom. The van der Waals surface area contributed by atoms with Crippen LogP contribution in [-0.2, 0) is 11.2 Å². The molecule has 1 N–H and O–H groups in total. The first kappa shape index (κ1) is 16.7. The quantitative estimate of drug-likeness (QED) is 0.742. The molecule has 2 heterocycles. The summed E-state index contributed by atoms with van der Waals surface area (Å²) in [4.78, 5) is 20.8. The van der Waals surface area contributed by atoms with Crippen LogP contribution < -0.4 is 5.32 Å². The van der Waals surface area contributed by atoms with Gasteiger partial charge >= 0.3 is 0 Å². The Bertz CT molecular complexity index is 934. The highest BCUT2D eigenvalue weighted by Gasteiger charge is 2.37. The van der Waals surface area contributed by atoms with Crippen LogP contribution in [0.2, 0.25) is 0 Å². The van der Waals surface area contributed by atoms with Crippen molar-refractivity contribution in [1.82, 2.24) is 24.9 Å². The van der Waals surface area contributed by atoms with Crippen LogP contribution in [0.15, 0.2) is 36.7 Å². The first-order valence-corrected chi connectivity index (χ1v) is 9.11. The van der Waals surface area contributed by atoms with E-state index >= 15 is 0 Å². The number of amides is 1. The fourth-order valence-corrected chi connectivity index (χ4v) is 3.67. The summed E-state index contributed by atoms with van der Waals surface area (Å²) < 4.78 is 1.73. The molecule has 4 rings (SSSR count). The maximum Gasteiger partial charge on any atom is 0.252 e. The summed E-state index contributed by atoms with van der Waals surface area (Å²) in [6.45, 7) is 4.72. The van der Waals surface area contributed by atoms with E-state index in [1.807, 2.05) is 19.9 Å². The lowest BCUT2D eigenvalue weighted by Gasteiger charge is -2.10. The van der Waals surface area contributed by atoms with E-state index in [-0.39, 0.29) is 5.91 Å². The number of aryl methyl sites for hydroxylation is 2. The summed E-state index contributed by atoms with van der Waals surface area (Å²) in [6.07, 6.45) is 3.80. The zero-order chi connectivity index (χ0) is 18.1. The first-order valence-electron chi connectivity index (χ1n) is 9.11.